The molecule has 2 saturated heterocycles. The van der Waals surface area contributed by atoms with Crippen LogP contribution >= 0.6 is 23.4 Å². The average molecular weight is 503 g/mol. The molecule has 0 saturated carbocycles. The molecule has 0 spiro atoms. The normalized spacial score (nSPS) is 20.3. The van der Waals surface area contributed by atoms with Gasteiger partial charge in [0.2, 0.25) is 0 Å². The smallest absolute Gasteiger partial charge is 0.320 e. The van der Waals surface area contributed by atoms with Gasteiger partial charge in [0, 0.05) is 66.4 Å². The highest BCUT2D eigenvalue weighted by atomic mass is 35.5. The van der Waals surface area contributed by atoms with Crippen molar-refractivity contribution in [1.29, 1.82) is 0 Å². The molecule has 34 heavy (non-hydrogen) atoms. The number of nitrogens with one attached hydrogen (secondary N) is 1. The fraction of sp³-hybridized carbons (Fsp3) is 0.542. The Bertz CT molecular complexity index is 1010. The van der Waals surface area contributed by atoms with Gasteiger partial charge in [0.25, 0.3) is 0 Å². The summed E-state index contributed by atoms with van der Waals surface area (Å²) in [5.74, 6) is 2.53. The lowest BCUT2D eigenvalue weighted by Gasteiger charge is -2.28. The quantitative estimate of drug-likeness (QED) is 0.566. The summed E-state index contributed by atoms with van der Waals surface area (Å²) in [6, 6.07) is 8.35. The summed E-state index contributed by atoms with van der Waals surface area (Å²) in [6.45, 7) is 6.81. The van der Waals surface area contributed by atoms with Crippen LogP contribution in [0.2, 0.25) is 5.02 Å². The largest absolute Gasteiger partial charge is 0.462 e. The van der Waals surface area contributed by atoms with Gasteiger partial charge in [0.1, 0.15) is 12.4 Å². The molecule has 0 aliphatic carbocycles. The molecule has 3 aliphatic heterocycles. The molecule has 2 aromatic rings. The Kier molecular flexibility index (Phi) is 8.05. The summed E-state index contributed by atoms with van der Waals surface area (Å²) in [5.41, 5.74) is 5.26. The van der Waals surface area contributed by atoms with Crippen LogP contribution in [0.5, 0.6) is 6.01 Å². The number of ether oxygens (including phenoxy) is 2. The SMILES string of the molecule is Clc1ccc2c(c1)/C(=N/Nc1cc(N3CCCCC3)nc(OCCN3CCOCC3)n1)CCS2. The molecule has 1 N–H and O–H groups in total. The van der Waals surface area contributed by atoms with Gasteiger partial charge in [0.05, 0.1) is 18.9 Å². The van der Waals surface area contributed by atoms with Gasteiger partial charge in [-0.2, -0.15) is 15.1 Å². The van der Waals surface area contributed by atoms with Crippen LogP contribution < -0.4 is 15.1 Å². The van der Waals surface area contributed by atoms with E-state index in [9.17, 15) is 0 Å². The maximum absolute atomic E-state index is 6.25. The Morgan fingerprint density at radius 3 is 2.79 bits per heavy atom. The van der Waals surface area contributed by atoms with Crippen LogP contribution in [0.3, 0.4) is 0 Å². The monoisotopic (exact) mass is 502 g/mol. The second-order valence-electron chi connectivity index (χ2n) is 8.65. The van der Waals surface area contributed by atoms with Crippen LogP contribution in [0.4, 0.5) is 11.6 Å². The zero-order valence-electron chi connectivity index (χ0n) is 19.3. The fourth-order valence-corrected chi connectivity index (χ4v) is 5.58. The molecule has 3 aliphatic rings. The number of halogens is 1. The molecule has 1 aromatic heterocycles. The number of nitrogens with zero attached hydrogens (tertiary/aromatic N) is 5. The van der Waals surface area contributed by atoms with Gasteiger partial charge < -0.3 is 14.4 Å². The molecule has 0 radical (unpaired) electrons. The lowest BCUT2D eigenvalue weighted by Crippen LogP contribution is -2.38. The van der Waals surface area contributed by atoms with Crippen LogP contribution in [0.15, 0.2) is 34.3 Å². The van der Waals surface area contributed by atoms with E-state index in [0.717, 1.165) is 80.2 Å². The van der Waals surface area contributed by atoms with Gasteiger partial charge in [-0.05, 0) is 37.5 Å². The van der Waals surface area contributed by atoms with Crippen molar-refractivity contribution in [3.63, 3.8) is 0 Å². The van der Waals surface area contributed by atoms with Crippen LogP contribution in [0, 0.1) is 0 Å². The topological polar surface area (TPSA) is 75.1 Å². The van der Waals surface area contributed by atoms with Gasteiger partial charge >= 0.3 is 6.01 Å². The minimum Gasteiger partial charge on any atom is -0.462 e. The third-order valence-corrected chi connectivity index (χ3v) is 7.58. The molecule has 0 atom stereocenters. The third kappa shape index (κ3) is 6.13. The first kappa shape index (κ1) is 23.7. The standard InChI is InChI=1S/C24H31ClN6O2S/c25-18-4-5-21-19(16-18)20(6-15-34-21)28-29-22-17-23(31-7-2-1-3-8-31)27-24(26-22)33-14-11-30-9-12-32-13-10-30/h4-5,16-17H,1-3,6-15H2,(H,26,27,29)/b28-20+. The number of aromatic nitrogens is 2. The first-order valence-electron chi connectivity index (χ1n) is 12.1. The first-order valence-corrected chi connectivity index (χ1v) is 13.4. The molecule has 5 rings (SSSR count). The van der Waals surface area contributed by atoms with Crippen molar-refractivity contribution >= 4 is 40.7 Å². The molecule has 0 amide bonds. The number of anilines is 2. The van der Waals surface area contributed by atoms with Crippen molar-refractivity contribution < 1.29 is 9.47 Å². The first-order chi connectivity index (χ1) is 16.7. The van der Waals surface area contributed by atoms with Gasteiger partial charge in [-0.3, -0.25) is 10.3 Å². The van der Waals surface area contributed by atoms with Crippen LogP contribution in [0.25, 0.3) is 0 Å². The number of thioether (sulfide) groups is 1. The Balaban J connectivity index is 1.33. The Labute approximate surface area is 210 Å². The molecule has 10 heteroatoms. The minimum absolute atomic E-state index is 0.390. The predicted molar refractivity (Wildman–Crippen MR) is 138 cm³/mol. The van der Waals surface area contributed by atoms with Crippen molar-refractivity contribution in [3.05, 3.63) is 34.9 Å². The molecule has 4 heterocycles. The van der Waals surface area contributed by atoms with E-state index in [4.69, 9.17) is 31.2 Å². The number of morpholine rings is 1. The number of rotatable bonds is 7. The van der Waals surface area contributed by atoms with E-state index < -0.39 is 0 Å². The summed E-state index contributed by atoms with van der Waals surface area (Å²) >= 11 is 8.09. The Morgan fingerprint density at radius 2 is 1.94 bits per heavy atom. The molecular formula is C24H31ClN6O2S. The van der Waals surface area contributed by atoms with Crippen LogP contribution in [0.1, 0.15) is 31.2 Å². The van der Waals surface area contributed by atoms with E-state index >= 15 is 0 Å². The van der Waals surface area contributed by atoms with E-state index in [1.807, 2.05) is 30.0 Å². The number of piperidine rings is 1. The summed E-state index contributed by atoms with van der Waals surface area (Å²) in [7, 11) is 0. The van der Waals surface area contributed by atoms with Crippen LogP contribution in [-0.4, -0.2) is 78.9 Å². The van der Waals surface area contributed by atoms with Gasteiger partial charge in [0.15, 0.2) is 5.82 Å². The summed E-state index contributed by atoms with van der Waals surface area (Å²) in [4.78, 5) is 15.2. The summed E-state index contributed by atoms with van der Waals surface area (Å²) < 4.78 is 11.4. The second-order valence-corrected chi connectivity index (χ2v) is 10.2. The lowest BCUT2D eigenvalue weighted by molar-refractivity contribution is 0.0317. The van der Waals surface area contributed by atoms with Gasteiger partial charge in [-0.1, -0.05) is 11.6 Å². The molecule has 1 aromatic carbocycles. The number of hydrogen-bond acceptors (Lipinski definition) is 9. The highest BCUT2D eigenvalue weighted by Crippen LogP contribution is 2.32. The summed E-state index contributed by atoms with van der Waals surface area (Å²) in [5, 5.41) is 5.45. The summed E-state index contributed by atoms with van der Waals surface area (Å²) in [6.07, 6.45) is 4.50. The number of fused-ring (bicyclic) bond motifs is 1. The van der Waals surface area contributed by atoms with Crippen LogP contribution in [-0.2, 0) is 4.74 Å². The van der Waals surface area contributed by atoms with Gasteiger partial charge in [-0.25, -0.2) is 0 Å². The highest BCUT2D eigenvalue weighted by molar-refractivity contribution is 7.99. The highest BCUT2D eigenvalue weighted by Gasteiger charge is 2.19. The molecule has 2 fully saturated rings. The molecule has 0 bridgehead atoms. The van der Waals surface area contributed by atoms with Crippen molar-refractivity contribution in [1.82, 2.24) is 14.9 Å². The maximum atomic E-state index is 6.25. The van der Waals surface area contributed by atoms with E-state index in [1.165, 1.54) is 24.2 Å². The maximum Gasteiger partial charge on any atom is 0.320 e. The van der Waals surface area contributed by atoms with E-state index in [0.29, 0.717) is 18.4 Å². The predicted octanol–water partition coefficient (Wildman–Crippen LogP) is 4.14. The zero-order valence-corrected chi connectivity index (χ0v) is 20.9. The zero-order chi connectivity index (χ0) is 23.2. The Hall–Kier alpha value is -2.07. The van der Waals surface area contributed by atoms with Crippen molar-refractivity contribution in [2.75, 3.05) is 68.6 Å². The van der Waals surface area contributed by atoms with Crippen molar-refractivity contribution in [2.45, 2.75) is 30.6 Å². The second kappa shape index (κ2) is 11.6. The number of hydrogen-bond donors (Lipinski definition) is 1. The minimum atomic E-state index is 0.390. The molecular weight excluding hydrogens is 472 g/mol. The molecule has 182 valence electrons. The van der Waals surface area contributed by atoms with E-state index in [2.05, 4.69) is 26.3 Å². The molecule has 8 nitrogen and oxygen atoms in total. The number of benzene rings is 1. The van der Waals surface area contributed by atoms with E-state index in [1.54, 1.807) is 0 Å². The third-order valence-electron chi connectivity index (χ3n) is 6.27. The van der Waals surface area contributed by atoms with Crippen molar-refractivity contribution in [2.24, 2.45) is 5.10 Å². The fourth-order valence-electron chi connectivity index (χ4n) is 4.40. The van der Waals surface area contributed by atoms with E-state index in [-0.39, 0.29) is 0 Å². The Morgan fingerprint density at radius 1 is 1.09 bits per heavy atom. The van der Waals surface area contributed by atoms with Crippen molar-refractivity contribution in [3.8, 4) is 6.01 Å². The number of hydrazone groups is 1. The molecule has 0 unspecified atom stereocenters. The average Bonchev–Trinajstić information content (AvgIpc) is 2.88. The van der Waals surface area contributed by atoms with Gasteiger partial charge in [-0.15, -0.1) is 11.8 Å². The lowest BCUT2D eigenvalue weighted by atomic mass is 10.1.